The van der Waals surface area contributed by atoms with E-state index < -0.39 is 0 Å². The van der Waals surface area contributed by atoms with Crippen LogP contribution in [0.3, 0.4) is 0 Å². The van der Waals surface area contributed by atoms with E-state index in [2.05, 4.69) is 10.6 Å². The number of ether oxygens (including phenoxy) is 1. The Kier molecular flexibility index (Phi) is 6.57. The van der Waals surface area contributed by atoms with E-state index in [0.29, 0.717) is 41.7 Å². The third kappa shape index (κ3) is 4.75. The van der Waals surface area contributed by atoms with Gasteiger partial charge in [0.2, 0.25) is 5.91 Å². The first-order valence-corrected chi connectivity index (χ1v) is 8.37. The van der Waals surface area contributed by atoms with E-state index in [0.717, 1.165) is 18.4 Å². The number of nitrogens with one attached hydrogen (secondary N) is 2. The Morgan fingerprint density at radius 3 is 2.70 bits per heavy atom. The van der Waals surface area contributed by atoms with Crippen molar-refractivity contribution in [2.45, 2.75) is 50.7 Å². The molecule has 1 aromatic carbocycles. The fourth-order valence-corrected chi connectivity index (χ4v) is 3.90. The molecule has 0 aromatic heterocycles. The summed E-state index contributed by atoms with van der Waals surface area (Å²) in [6.07, 6.45) is 5.43. The molecule has 0 spiro atoms. The Hall–Kier alpha value is -0.970. The molecule has 2 unspecified atom stereocenters. The Balaban J connectivity index is 0.00000192. The first-order chi connectivity index (χ1) is 10.6. The van der Waals surface area contributed by atoms with Crippen molar-refractivity contribution >= 4 is 29.9 Å². The Bertz CT molecular complexity index is 541. The van der Waals surface area contributed by atoms with Crippen molar-refractivity contribution in [2.75, 3.05) is 7.11 Å². The summed E-state index contributed by atoms with van der Waals surface area (Å²) in [5, 5.41) is 7.26. The van der Waals surface area contributed by atoms with Gasteiger partial charge in [-0.15, -0.1) is 12.4 Å². The lowest BCUT2D eigenvalue weighted by Crippen LogP contribution is -2.39. The molecule has 0 saturated carbocycles. The Labute approximate surface area is 148 Å². The minimum Gasteiger partial charge on any atom is -0.496 e. The number of hydrogen-bond donors (Lipinski definition) is 2. The highest BCUT2D eigenvalue weighted by Gasteiger charge is 2.34. The number of amides is 1. The normalized spacial score (nSPS) is 25.6. The van der Waals surface area contributed by atoms with Gasteiger partial charge in [-0.2, -0.15) is 0 Å². The quantitative estimate of drug-likeness (QED) is 0.848. The van der Waals surface area contributed by atoms with E-state index in [1.165, 1.54) is 12.8 Å². The standard InChI is InChI=1S/C17H23ClN2O2.ClH/c1-22-16-9-13(18)3-2-12(16)10-19-17(21)8-11-6-14-4-5-15(7-11)20-14;/h2-3,9,11,14-15,20H,4-8,10H2,1H3,(H,19,21);1H. The number of methoxy groups -OCH3 is 1. The van der Waals surface area contributed by atoms with Gasteiger partial charge >= 0.3 is 0 Å². The van der Waals surface area contributed by atoms with Crippen molar-refractivity contribution in [3.63, 3.8) is 0 Å². The fraction of sp³-hybridized carbons (Fsp3) is 0.588. The molecule has 3 rings (SSSR count). The number of rotatable bonds is 5. The van der Waals surface area contributed by atoms with Crippen LogP contribution in [0.2, 0.25) is 5.02 Å². The van der Waals surface area contributed by atoms with Crippen LogP contribution in [0.4, 0.5) is 0 Å². The molecule has 23 heavy (non-hydrogen) atoms. The van der Waals surface area contributed by atoms with E-state index in [4.69, 9.17) is 16.3 Å². The van der Waals surface area contributed by atoms with Gasteiger partial charge in [0.15, 0.2) is 0 Å². The predicted octanol–water partition coefficient (Wildman–Crippen LogP) is 3.31. The maximum absolute atomic E-state index is 12.2. The molecule has 128 valence electrons. The second-order valence-corrected chi connectivity index (χ2v) is 6.85. The molecule has 2 N–H and O–H groups in total. The maximum Gasteiger partial charge on any atom is 0.220 e. The highest BCUT2D eigenvalue weighted by atomic mass is 35.5. The predicted molar refractivity (Wildman–Crippen MR) is 94.4 cm³/mol. The van der Waals surface area contributed by atoms with Gasteiger partial charge in [-0.1, -0.05) is 17.7 Å². The molecule has 4 nitrogen and oxygen atoms in total. The molecule has 1 amide bonds. The number of halogens is 2. The summed E-state index contributed by atoms with van der Waals surface area (Å²) >= 11 is 5.95. The minimum absolute atomic E-state index is 0. The average Bonchev–Trinajstić information content (AvgIpc) is 2.84. The highest BCUT2D eigenvalue weighted by molar-refractivity contribution is 6.30. The summed E-state index contributed by atoms with van der Waals surface area (Å²) in [5.41, 5.74) is 0.950. The van der Waals surface area contributed by atoms with E-state index in [-0.39, 0.29) is 18.3 Å². The second kappa shape index (κ2) is 8.22. The number of fused-ring (bicyclic) bond motifs is 2. The van der Waals surface area contributed by atoms with Crippen molar-refractivity contribution in [3.8, 4) is 5.75 Å². The van der Waals surface area contributed by atoms with Crippen LogP contribution in [-0.4, -0.2) is 25.1 Å². The third-order valence-corrected chi connectivity index (χ3v) is 5.00. The van der Waals surface area contributed by atoms with E-state index >= 15 is 0 Å². The first kappa shape index (κ1) is 18.4. The molecule has 0 aliphatic carbocycles. The molecule has 2 saturated heterocycles. The number of carbonyl (C=O) groups is 1. The molecule has 1 aromatic rings. The second-order valence-electron chi connectivity index (χ2n) is 6.41. The Morgan fingerprint density at radius 2 is 2.04 bits per heavy atom. The number of benzene rings is 1. The zero-order valence-electron chi connectivity index (χ0n) is 13.3. The lowest BCUT2D eigenvalue weighted by molar-refractivity contribution is -0.122. The topological polar surface area (TPSA) is 50.4 Å². The van der Waals surface area contributed by atoms with Gasteiger partial charge in [-0.3, -0.25) is 4.79 Å². The molecular weight excluding hydrogens is 335 g/mol. The molecule has 6 heteroatoms. The average molecular weight is 359 g/mol. The maximum atomic E-state index is 12.2. The smallest absolute Gasteiger partial charge is 0.220 e. The van der Waals surface area contributed by atoms with E-state index in [9.17, 15) is 4.79 Å². The summed E-state index contributed by atoms with van der Waals surface area (Å²) in [6, 6.07) is 6.75. The molecule has 2 atom stereocenters. The molecular formula is C17H24Cl2N2O2. The molecule has 2 aliphatic rings. The van der Waals surface area contributed by atoms with Crippen molar-refractivity contribution in [2.24, 2.45) is 5.92 Å². The summed E-state index contributed by atoms with van der Waals surface area (Å²) < 4.78 is 5.30. The van der Waals surface area contributed by atoms with Crippen LogP contribution in [0.1, 0.15) is 37.7 Å². The zero-order chi connectivity index (χ0) is 15.5. The summed E-state index contributed by atoms with van der Waals surface area (Å²) in [4.78, 5) is 12.2. The van der Waals surface area contributed by atoms with Crippen LogP contribution in [0.5, 0.6) is 5.75 Å². The molecule has 2 heterocycles. The van der Waals surface area contributed by atoms with E-state index in [1.54, 1.807) is 13.2 Å². The fourth-order valence-electron chi connectivity index (χ4n) is 3.73. The highest BCUT2D eigenvalue weighted by Crippen LogP contribution is 2.32. The van der Waals surface area contributed by atoms with Crippen molar-refractivity contribution in [1.82, 2.24) is 10.6 Å². The van der Waals surface area contributed by atoms with Gasteiger partial charge in [0, 0.05) is 35.6 Å². The van der Waals surface area contributed by atoms with Crippen LogP contribution in [0.25, 0.3) is 0 Å². The monoisotopic (exact) mass is 358 g/mol. The number of hydrogen-bond acceptors (Lipinski definition) is 3. The minimum atomic E-state index is 0. The van der Waals surface area contributed by atoms with Crippen LogP contribution in [0, 0.1) is 5.92 Å². The van der Waals surface area contributed by atoms with Gasteiger partial charge in [-0.05, 0) is 43.7 Å². The van der Waals surface area contributed by atoms with Gasteiger partial charge < -0.3 is 15.4 Å². The van der Waals surface area contributed by atoms with Gasteiger partial charge in [0.25, 0.3) is 0 Å². The third-order valence-electron chi connectivity index (χ3n) is 4.77. The van der Waals surface area contributed by atoms with E-state index in [1.807, 2.05) is 12.1 Å². The summed E-state index contributed by atoms with van der Waals surface area (Å²) in [7, 11) is 1.61. The van der Waals surface area contributed by atoms with Gasteiger partial charge in [0.05, 0.1) is 7.11 Å². The number of piperidine rings is 1. The molecule has 2 fully saturated rings. The van der Waals surface area contributed by atoms with Crippen LogP contribution in [-0.2, 0) is 11.3 Å². The number of carbonyl (C=O) groups excluding carboxylic acids is 1. The largest absolute Gasteiger partial charge is 0.496 e. The van der Waals surface area contributed by atoms with Crippen LogP contribution < -0.4 is 15.4 Å². The molecule has 0 radical (unpaired) electrons. The van der Waals surface area contributed by atoms with Crippen LogP contribution in [0.15, 0.2) is 18.2 Å². The Morgan fingerprint density at radius 1 is 1.35 bits per heavy atom. The van der Waals surface area contributed by atoms with Crippen LogP contribution >= 0.6 is 24.0 Å². The summed E-state index contributed by atoms with van der Waals surface area (Å²) in [6.45, 7) is 0.483. The van der Waals surface area contributed by atoms with Crippen molar-refractivity contribution < 1.29 is 9.53 Å². The van der Waals surface area contributed by atoms with Crippen molar-refractivity contribution in [3.05, 3.63) is 28.8 Å². The zero-order valence-corrected chi connectivity index (χ0v) is 14.9. The van der Waals surface area contributed by atoms with Crippen molar-refractivity contribution in [1.29, 1.82) is 0 Å². The first-order valence-electron chi connectivity index (χ1n) is 7.99. The van der Waals surface area contributed by atoms with Gasteiger partial charge in [-0.25, -0.2) is 0 Å². The molecule has 2 bridgehead atoms. The summed E-state index contributed by atoms with van der Waals surface area (Å²) in [5.74, 6) is 1.36. The lowest BCUT2D eigenvalue weighted by Gasteiger charge is -2.28. The lowest BCUT2D eigenvalue weighted by atomic mass is 9.89. The van der Waals surface area contributed by atoms with Gasteiger partial charge in [0.1, 0.15) is 5.75 Å². The SMILES string of the molecule is COc1cc(Cl)ccc1CNC(=O)CC1CC2CCC(C1)N2.Cl. The molecule has 2 aliphatic heterocycles.